The van der Waals surface area contributed by atoms with Gasteiger partial charge in [0.2, 0.25) is 0 Å². The number of nitrogens with zero attached hydrogens (tertiary/aromatic N) is 4. The smallest absolute Gasteiger partial charge is 0.117 e. The first-order valence-corrected chi connectivity index (χ1v) is 13.7. The van der Waals surface area contributed by atoms with Crippen LogP contribution in [0.4, 0.5) is 0 Å². The molecule has 0 bridgehead atoms. The second-order valence-corrected chi connectivity index (χ2v) is 15.2. The van der Waals surface area contributed by atoms with E-state index < -0.39 is 8.07 Å². The van der Waals surface area contributed by atoms with Crippen LogP contribution in [0, 0.1) is 0 Å². The molecule has 5 heteroatoms. The molecule has 5 rings (SSSR count). The summed E-state index contributed by atoms with van der Waals surface area (Å²) in [6, 6.07) is 25.8. The Balaban J connectivity index is 1.93. The Hall–Kier alpha value is -2.92. The van der Waals surface area contributed by atoms with Crippen LogP contribution in [0.15, 0.2) is 72.8 Å². The molecule has 1 unspecified atom stereocenters. The van der Waals surface area contributed by atoms with Crippen molar-refractivity contribution in [1.82, 2.24) is 19.6 Å². The van der Waals surface area contributed by atoms with Crippen LogP contribution in [0.2, 0.25) is 18.1 Å². The van der Waals surface area contributed by atoms with Gasteiger partial charge in [0.15, 0.2) is 0 Å². The fraction of sp³-hybridized carbons (Fsp3) is 0.280. The van der Waals surface area contributed by atoms with Crippen molar-refractivity contribution in [3.8, 4) is 0 Å². The first kappa shape index (κ1) is 19.1. The van der Waals surface area contributed by atoms with Gasteiger partial charge in [-0.15, -0.1) is 5.10 Å². The number of fused-ring (bicyclic) bond motifs is 4. The van der Waals surface area contributed by atoms with Gasteiger partial charge in [-0.3, -0.25) is 0 Å². The minimum Gasteiger partial charge on any atom is -0.321 e. The Morgan fingerprint density at radius 1 is 0.733 bits per heavy atom. The van der Waals surface area contributed by atoms with Gasteiger partial charge in [-0.05, 0) is 29.3 Å². The van der Waals surface area contributed by atoms with Gasteiger partial charge in [0, 0.05) is 10.8 Å². The van der Waals surface area contributed by atoms with Crippen LogP contribution in [0.3, 0.4) is 0 Å². The van der Waals surface area contributed by atoms with Crippen molar-refractivity contribution in [3.63, 3.8) is 0 Å². The molecule has 0 spiro atoms. The normalized spacial score (nSPS) is 14.0. The molecule has 2 aromatic heterocycles. The van der Waals surface area contributed by atoms with Crippen molar-refractivity contribution >= 4 is 40.9 Å². The molecule has 152 valence electrons. The summed E-state index contributed by atoms with van der Waals surface area (Å²) in [5.41, 5.74) is 4.55. The van der Waals surface area contributed by atoms with Crippen molar-refractivity contribution in [2.45, 2.75) is 44.7 Å². The van der Waals surface area contributed by atoms with Crippen molar-refractivity contribution in [2.24, 2.45) is 0 Å². The predicted octanol–water partition coefficient (Wildman–Crippen LogP) is 6.63. The molecule has 0 N–H and O–H groups in total. The molecule has 1 atom stereocenters. The third-order valence-corrected chi connectivity index (χ3v) is 12.7. The molecule has 0 saturated heterocycles. The Labute approximate surface area is 178 Å². The second-order valence-electron chi connectivity index (χ2n) is 9.77. The summed E-state index contributed by atoms with van der Waals surface area (Å²) in [7, 11) is -1.97. The largest absolute Gasteiger partial charge is 0.321 e. The molecule has 30 heavy (non-hydrogen) atoms. The minimum absolute atomic E-state index is 0.0923. The van der Waals surface area contributed by atoms with Crippen LogP contribution in [0.5, 0.6) is 0 Å². The molecule has 0 fully saturated rings. The lowest BCUT2D eigenvalue weighted by Gasteiger charge is -2.44. The van der Waals surface area contributed by atoms with Crippen LogP contribution in [-0.2, 0) is 0 Å². The molecule has 0 saturated carbocycles. The lowest BCUT2D eigenvalue weighted by molar-refractivity contribution is 0.497. The van der Waals surface area contributed by atoms with E-state index in [0.29, 0.717) is 0 Å². The summed E-state index contributed by atoms with van der Waals surface area (Å²) in [6.45, 7) is 12.1. The standard InChI is InChI=1S/C25H28N4Si/c1-25(2,3)30(4,5)24(29-23-17-11-8-14-20(23)26-27-29)28-21-15-9-6-12-18(21)19-13-7-10-16-22(19)28/h6-17,24H,1-5H3. The molecule has 0 aliphatic rings. The average molecular weight is 413 g/mol. The van der Waals surface area contributed by atoms with E-state index in [2.05, 4.69) is 109 Å². The zero-order chi connectivity index (χ0) is 21.1. The molecule has 0 aliphatic heterocycles. The maximum absolute atomic E-state index is 4.73. The maximum atomic E-state index is 4.73. The summed E-state index contributed by atoms with van der Waals surface area (Å²) in [5, 5.41) is 12.0. The molecule has 0 radical (unpaired) electrons. The van der Waals surface area contributed by atoms with Gasteiger partial charge >= 0.3 is 0 Å². The van der Waals surface area contributed by atoms with E-state index in [1.54, 1.807) is 0 Å². The van der Waals surface area contributed by atoms with E-state index in [0.717, 1.165) is 11.0 Å². The van der Waals surface area contributed by atoms with Gasteiger partial charge < -0.3 is 4.57 Å². The highest BCUT2D eigenvalue weighted by Gasteiger charge is 2.46. The fourth-order valence-electron chi connectivity index (χ4n) is 4.41. The number of hydrogen-bond donors (Lipinski definition) is 0. The zero-order valence-corrected chi connectivity index (χ0v) is 19.3. The molecule has 0 aliphatic carbocycles. The first-order valence-electron chi connectivity index (χ1n) is 10.6. The van der Waals surface area contributed by atoms with Crippen molar-refractivity contribution in [1.29, 1.82) is 0 Å². The molecular formula is C25H28N4Si. The number of hydrogen-bond acceptors (Lipinski definition) is 2. The van der Waals surface area contributed by atoms with Gasteiger partial charge in [-0.25, -0.2) is 4.68 Å². The Morgan fingerprint density at radius 2 is 1.23 bits per heavy atom. The highest BCUT2D eigenvalue weighted by atomic mass is 28.3. The number of rotatable bonds is 3. The summed E-state index contributed by atoms with van der Waals surface area (Å²) in [6.07, 6.45) is 0. The summed E-state index contributed by atoms with van der Waals surface area (Å²) >= 11 is 0. The lowest BCUT2D eigenvalue weighted by Crippen LogP contribution is -2.50. The number of aromatic nitrogens is 4. The third-order valence-electron chi connectivity index (χ3n) is 7.05. The Morgan fingerprint density at radius 3 is 1.80 bits per heavy atom. The molecule has 0 amide bonds. The van der Waals surface area contributed by atoms with Crippen LogP contribution in [-0.4, -0.2) is 27.6 Å². The molecule has 3 aromatic carbocycles. The van der Waals surface area contributed by atoms with Crippen molar-refractivity contribution in [3.05, 3.63) is 72.8 Å². The molecule has 5 aromatic rings. The lowest BCUT2D eigenvalue weighted by atomic mass is 10.2. The van der Waals surface area contributed by atoms with Gasteiger partial charge in [0.25, 0.3) is 0 Å². The predicted molar refractivity (Wildman–Crippen MR) is 129 cm³/mol. The molecular weight excluding hydrogens is 384 g/mol. The average Bonchev–Trinajstić information content (AvgIpc) is 3.28. The Bertz CT molecular complexity index is 1320. The van der Waals surface area contributed by atoms with Crippen LogP contribution < -0.4 is 0 Å². The maximum Gasteiger partial charge on any atom is 0.117 e. The van der Waals surface area contributed by atoms with E-state index in [1.807, 2.05) is 12.1 Å². The summed E-state index contributed by atoms with van der Waals surface area (Å²) in [5.74, 6) is 0.0923. The molecule has 2 heterocycles. The third kappa shape index (κ3) is 2.65. The minimum atomic E-state index is -1.97. The van der Waals surface area contributed by atoms with E-state index >= 15 is 0 Å². The second kappa shape index (κ2) is 6.54. The van der Waals surface area contributed by atoms with Gasteiger partial charge in [0.1, 0.15) is 19.4 Å². The highest BCUT2D eigenvalue weighted by molar-refractivity contribution is 6.81. The SMILES string of the molecule is CC(C)(C)[Si](C)(C)C(n1nnc2ccccc21)n1c2ccccc2c2ccccc21. The van der Waals surface area contributed by atoms with Crippen molar-refractivity contribution < 1.29 is 0 Å². The van der Waals surface area contributed by atoms with Crippen LogP contribution in [0.1, 0.15) is 26.6 Å². The quantitative estimate of drug-likeness (QED) is 0.312. The van der Waals surface area contributed by atoms with E-state index in [4.69, 9.17) is 5.21 Å². The number of para-hydroxylation sites is 3. The highest BCUT2D eigenvalue weighted by Crippen LogP contribution is 2.46. The van der Waals surface area contributed by atoms with E-state index in [1.165, 1.54) is 21.8 Å². The van der Waals surface area contributed by atoms with Crippen molar-refractivity contribution in [2.75, 3.05) is 0 Å². The Kier molecular flexibility index (Phi) is 4.16. The van der Waals surface area contributed by atoms with E-state index in [-0.39, 0.29) is 10.8 Å². The monoisotopic (exact) mass is 412 g/mol. The summed E-state index contributed by atoms with van der Waals surface area (Å²) in [4.78, 5) is 0. The van der Waals surface area contributed by atoms with Gasteiger partial charge in [-0.1, -0.05) is 87.6 Å². The van der Waals surface area contributed by atoms with E-state index in [9.17, 15) is 0 Å². The summed E-state index contributed by atoms with van der Waals surface area (Å²) < 4.78 is 4.72. The fourth-order valence-corrected chi connectivity index (χ4v) is 6.91. The van der Waals surface area contributed by atoms with Crippen LogP contribution in [0.25, 0.3) is 32.8 Å². The van der Waals surface area contributed by atoms with Gasteiger partial charge in [-0.2, -0.15) is 0 Å². The zero-order valence-electron chi connectivity index (χ0n) is 18.3. The van der Waals surface area contributed by atoms with Crippen LogP contribution >= 0.6 is 0 Å². The molecule has 4 nitrogen and oxygen atoms in total. The first-order chi connectivity index (χ1) is 14.3. The number of benzene rings is 3. The topological polar surface area (TPSA) is 35.6 Å². The van der Waals surface area contributed by atoms with Gasteiger partial charge in [0.05, 0.1) is 16.6 Å².